The third kappa shape index (κ3) is 2.64. The highest BCUT2D eigenvalue weighted by Crippen LogP contribution is 2.44. The Balaban J connectivity index is 1.64. The first-order valence-corrected chi connectivity index (χ1v) is 9.92. The number of nitrogens with zero attached hydrogens (tertiary/aromatic N) is 3. The summed E-state index contributed by atoms with van der Waals surface area (Å²) in [6.07, 6.45) is 14.4. The smallest absolute Gasteiger partial charge is 0.311 e. The molecule has 5 nitrogen and oxygen atoms in total. The van der Waals surface area contributed by atoms with Gasteiger partial charge in [0.1, 0.15) is 0 Å². The van der Waals surface area contributed by atoms with Crippen molar-refractivity contribution in [3.63, 3.8) is 0 Å². The molecule has 4 aliphatic rings. The lowest BCUT2D eigenvalue weighted by atomic mass is 9.72. The van der Waals surface area contributed by atoms with Crippen LogP contribution in [0.4, 0.5) is 0 Å². The maximum Gasteiger partial charge on any atom is 0.311 e. The number of likely N-dealkylation sites (tertiary alicyclic amines) is 1. The number of hydrogen-bond donors (Lipinski definition) is 1. The van der Waals surface area contributed by atoms with E-state index < -0.39 is 11.9 Å². The molecule has 0 bridgehead atoms. The number of hydrogen-bond acceptors (Lipinski definition) is 3. The van der Waals surface area contributed by atoms with Crippen molar-refractivity contribution in [2.24, 2.45) is 22.7 Å². The molecule has 1 saturated heterocycles. The largest absolute Gasteiger partial charge is 0.481 e. The van der Waals surface area contributed by atoms with E-state index in [2.05, 4.69) is 34.9 Å². The molecule has 0 amide bonds. The Labute approximate surface area is 159 Å². The first-order valence-electron chi connectivity index (χ1n) is 9.92. The van der Waals surface area contributed by atoms with E-state index in [4.69, 9.17) is 4.99 Å². The second kappa shape index (κ2) is 6.34. The molecule has 3 heterocycles. The highest BCUT2D eigenvalue weighted by molar-refractivity contribution is 6.12. The minimum Gasteiger partial charge on any atom is -0.481 e. The van der Waals surface area contributed by atoms with Gasteiger partial charge in [-0.2, -0.15) is 0 Å². The van der Waals surface area contributed by atoms with Gasteiger partial charge in [0.05, 0.1) is 23.0 Å². The second-order valence-corrected chi connectivity index (χ2v) is 8.18. The van der Waals surface area contributed by atoms with Crippen LogP contribution in [-0.2, 0) is 11.2 Å². The van der Waals surface area contributed by atoms with Crippen molar-refractivity contribution in [1.82, 2.24) is 9.47 Å². The Bertz CT molecular complexity index is 910. The van der Waals surface area contributed by atoms with Crippen LogP contribution in [0.5, 0.6) is 0 Å². The molecule has 2 aliphatic heterocycles. The third-order valence-electron chi connectivity index (χ3n) is 6.61. The number of aryl methyl sites for hydroxylation is 1. The Kier molecular flexibility index (Phi) is 3.93. The van der Waals surface area contributed by atoms with Gasteiger partial charge in [0.25, 0.3) is 0 Å². The molecule has 2 unspecified atom stereocenters. The van der Waals surface area contributed by atoms with Gasteiger partial charge in [0, 0.05) is 23.9 Å². The molecule has 2 aliphatic carbocycles. The van der Waals surface area contributed by atoms with Crippen LogP contribution in [0.3, 0.4) is 0 Å². The first kappa shape index (κ1) is 16.8. The quantitative estimate of drug-likeness (QED) is 0.877. The van der Waals surface area contributed by atoms with Crippen molar-refractivity contribution in [2.45, 2.75) is 25.7 Å². The van der Waals surface area contributed by atoms with E-state index in [0.29, 0.717) is 5.92 Å². The zero-order valence-corrected chi connectivity index (χ0v) is 15.6. The van der Waals surface area contributed by atoms with Crippen molar-refractivity contribution in [2.75, 3.05) is 20.1 Å². The number of carbonyl (C=O) groups is 1. The summed E-state index contributed by atoms with van der Waals surface area (Å²) in [4.78, 5) is 19.3. The predicted molar refractivity (Wildman–Crippen MR) is 106 cm³/mol. The highest BCUT2D eigenvalue weighted by atomic mass is 16.4. The van der Waals surface area contributed by atoms with Crippen LogP contribution >= 0.6 is 0 Å². The lowest BCUT2D eigenvalue weighted by Crippen LogP contribution is -2.39. The summed E-state index contributed by atoms with van der Waals surface area (Å²) in [7, 11) is 2.14. The maximum absolute atomic E-state index is 12.1. The summed E-state index contributed by atoms with van der Waals surface area (Å²) < 4.78 is 2.24. The Morgan fingerprint density at radius 1 is 1.30 bits per heavy atom. The topological polar surface area (TPSA) is 57.8 Å². The van der Waals surface area contributed by atoms with Crippen molar-refractivity contribution >= 4 is 23.5 Å². The van der Waals surface area contributed by atoms with Crippen molar-refractivity contribution < 1.29 is 9.90 Å². The van der Waals surface area contributed by atoms with Crippen molar-refractivity contribution in [3.8, 4) is 0 Å². The fraction of sp³-hybridized carbons (Fsp3) is 0.455. The molecule has 27 heavy (non-hydrogen) atoms. The van der Waals surface area contributed by atoms with E-state index in [9.17, 15) is 9.90 Å². The number of fused-ring (bicyclic) bond motifs is 1. The minimum absolute atomic E-state index is 0.0637. The van der Waals surface area contributed by atoms with Gasteiger partial charge in [-0.15, -0.1) is 0 Å². The molecule has 5 rings (SSSR count). The van der Waals surface area contributed by atoms with Crippen molar-refractivity contribution in [3.05, 3.63) is 47.4 Å². The number of piperidine rings is 1. The number of rotatable bonds is 2. The highest BCUT2D eigenvalue weighted by Gasteiger charge is 2.41. The lowest BCUT2D eigenvalue weighted by Gasteiger charge is -2.38. The van der Waals surface area contributed by atoms with Gasteiger partial charge >= 0.3 is 5.97 Å². The molecule has 1 fully saturated rings. The number of aliphatic imine (C=N–C) groups is 1. The molecule has 1 aromatic heterocycles. The third-order valence-corrected chi connectivity index (χ3v) is 6.61. The lowest BCUT2D eigenvalue weighted by molar-refractivity contribution is -0.142. The van der Waals surface area contributed by atoms with Crippen molar-refractivity contribution in [1.29, 1.82) is 0 Å². The van der Waals surface area contributed by atoms with E-state index in [1.807, 2.05) is 18.4 Å². The monoisotopic (exact) mass is 363 g/mol. The van der Waals surface area contributed by atoms with Crippen LogP contribution in [0.25, 0.3) is 11.3 Å². The maximum atomic E-state index is 12.1. The summed E-state index contributed by atoms with van der Waals surface area (Å²) >= 11 is 0. The standard InChI is InChI=1S/C22H25N3O2/c1-24-10-7-14(8-11-24)19-17(22(26)27)5-6-18-20(19)23-13-16-4-2-3-15-9-12-25(18)21(15)16/h4-6,9,12-14,17,19H,2-3,7-8,10-11H2,1H3,(H,26,27). The fourth-order valence-electron chi connectivity index (χ4n) is 5.17. The molecule has 0 saturated carbocycles. The molecule has 1 aromatic rings. The fourth-order valence-corrected chi connectivity index (χ4v) is 5.17. The number of carboxylic acids is 1. The zero-order chi connectivity index (χ0) is 18.5. The Morgan fingerprint density at radius 2 is 2.11 bits per heavy atom. The van der Waals surface area contributed by atoms with Gasteiger partial charge in [0.15, 0.2) is 0 Å². The van der Waals surface area contributed by atoms with Crippen LogP contribution < -0.4 is 0 Å². The van der Waals surface area contributed by atoms with Gasteiger partial charge < -0.3 is 14.6 Å². The van der Waals surface area contributed by atoms with Gasteiger partial charge in [-0.25, -0.2) is 0 Å². The van der Waals surface area contributed by atoms with Crippen LogP contribution in [0.15, 0.2) is 41.2 Å². The van der Waals surface area contributed by atoms with Crippen LogP contribution in [-0.4, -0.2) is 46.9 Å². The molecule has 1 N–H and O–H groups in total. The van der Waals surface area contributed by atoms with E-state index in [0.717, 1.165) is 55.7 Å². The van der Waals surface area contributed by atoms with Gasteiger partial charge in [0.2, 0.25) is 0 Å². The van der Waals surface area contributed by atoms with Crippen LogP contribution in [0.2, 0.25) is 0 Å². The summed E-state index contributed by atoms with van der Waals surface area (Å²) in [6, 6.07) is 2.20. The second-order valence-electron chi connectivity index (χ2n) is 8.18. The van der Waals surface area contributed by atoms with Gasteiger partial charge in [-0.05, 0) is 69.4 Å². The molecule has 0 spiro atoms. The zero-order valence-electron chi connectivity index (χ0n) is 15.6. The number of aliphatic carboxylic acids is 1. The average molecular weight is 363 g/mol. The SMILES string of the molecule is CN1CCC(C2C3=C(C=CC2C(=O)O)n2ccc4c2C(=CCC4)C=N3)CC1. The number of allylic oxidation sites excluding steroid dienone is 5. The molecule has 0 radical (unpaired) electrons. The summed E-state index contributed by atoms with van der Waals surface area (Å²) in [5, 5.41) is 9.91. The number of carboxylic acid groups (broad SMARTS) is 1. The predicted octanol–water partition coefficient (Wildman–Crippen LogP) is 3.30. The van der Waals surface area contributed by atoms with Gasteiger partial charge in [-0.3, -0.25) is 9.79 Å². The molecular weight excluding hydrogens is 338 g/mol. The van der Waals surface area contributed by atoms with E-state index in [-0.39, 0.29) is 5.92 Å². The molecule has 140 valence electrons. The van der Waals surface area contributed by atoms with E-state index >= 15 is 0 Å². The molecule has 0 aromatic carbocycles. The summed E-state index contributed by atoms with van der Waals surface area (Å²) in [5.41, 5.74) is 5.76. The Morgan fingerprint density at radius 3 is 2.89 bits per heavy atom. The first-order chi connectivity index (χ1) is 13.1. The molecule has 2 atom stereocenters. The average Bonchev–Trinajstić information content (AvgIpc) is 3.03. The van der Waals surface area contributed by atoms with Crippen LogP contribution in [0.1, 0.15) is 30.5 Å². The van der Waals surface area contributed by atoms with E-state index in [1.54, 1.807) is 0 Å². The number of aromatic nitrogens is 1. The molecule has 5 heteroatoms. The Hall–Kier alpha value is -2.40. The minimum atomic E-state index is -0.741. The van der Waals surface area contributed by atoms with E-state index in [1.165, 1.54) is 11.3 Å². The summed E-state index contributed by atoms with van der Waals surface area (Å²) in [5.74, 6) is -0.951. The normalized spacial score (nSPS) is 27.8. The summed E-state index contributed by atoms with van der Waals surface area (Å²) in [6.45, 7) is 2.04. The van der Waals surface area contributed by atoms with Gasteiger partial charge in [-0.1, -0.05) is 12.2 Å². The van der Waals surface area contributed by atoms with Crippen LogP contribution in [0, 0.1) is 17.8 Å². The molecular formula is C22H25N3O2.